The summed E-state index contributed by atoms with van der Waals surface area (Å²) < 4.78 is 12.1. The highest BCUT2D eigenvalue weighted by atomic mass is 32.2. The Labute approximate surface area is 309 Å². The standard InChI is InChI=1S/C42H60N2O6S/c1-25(2)33-28(45)23-42(51-50-35(44-43)26-13-11-10-12-14-26)22-21-40(8)27(34(33)42)15-16-30-39(7)19-18-31(49-32(46)24-37(3,4)36(47)48)38(5,6)29(39)17-20-41(30,40)9/h10-14,25,27,29-31H,15-24,43H2,1-9H3,(H,47,48)/b44-35-/t27-,29+,30?,31+,39+,40-,41-,42-/m1/s1. The molecule has 0 aliphatic heterocycles. The molecule has 9 heteroatoms. The van der Waals surface area contributed by atoms with Crippen molar-refractivity contribution >= 4 is 35.7 Å². The zero-order valence-corrected chi connectivity index (χ0v) is 33.1. The predicted octanol–water partition coefficient (Wildman–Crippen LogP) is 9.12. The number of carbonyl (C=O) groups excluding carboxylic acids is 2. The Morgan fingerprint density at radius 3 is 2.27 bits per heavy atom. The number of allylic oxidation sites excluding steroid dienone is 1. The first-order valence-corrected chi connectivity index (χ1v) is 19.9. The van der Waals surface area contributed by atoms with Gasteiger partial charge in [0.1, 0.15) is 6.10 Å². The fourth-order valence-corrected chi connectivity index (χ4v) is 13.4. The molecular weight excluding hydrogens is 661 g/mol. The molecule has 280 valence electrons. The largest absolute Gasteiger partial charge is 0.481 e. The zero-order valence-electron chi connectivity index (χ0n) is 32.3. The van der Waals surface area contributed by atoms with Crippen LogP contribution in [-0.2, 0) is 23.3 Å². The van der Waals surface area contributed by atoms with E-state index in [-0.39, 0.29) is 51.8 Å². The zero-order chi connectivity index (χ0) is 37.4. The van der Waals surface area contributed by atoms with Crippen LogP contribution in [0.4, 0.5) is 0 Å². The summed E-state index contributed by atoms with van der Waals surface area (Å²) in [5.74, 6) is 6.37. The van der Waals surface area contributed by atoms with E-state index in [2.05, 4.69) is 53.6 Å². The molecule has 0 saturated heterocycles. The van der Waals surface area contributed by atoms with Gasteiger partial charge in [0.05, 0.1) is 28.6 Å². The molecule has 4 fully saturated rings. The van der Waals surface area contributed by atoms with Crippen LogP contribution in [0.3, 0.4) is 0 Å². The van der Waals surface area contributed by atoms with Gasteiger partial charge < -0.3 is 19.9 Å². The Kier molecular flexibility index (Phi) is 9.63. The van der Waals surface area contributed by atoms with Gasteiger partial charge in [-0.05, 0) is 128 Å². The molecule has 8 atom stereocenters. The van der Waals surface area contributed by atoms with Crippen LogP contribution in [0.2, 0.25) is 0 Å². The van der Waals surface area contributed by atoms with Crippen LogP contribution >= 0.6 is 12.0 Å². The quantitative estimate of drug-likeness (QED) is 0.0680. The average Bonchev–Trinajstić information content (AvgIpc) is 3.35. The van der Waals surface area contributed by atoms with Gasteiger partial charge in [-0.3, -0.25) is 14.4 Å². The van der Waals surface area contributed by atoms with Gasteiger partial charge in [0.25, 0.3) is 5.90 Å². The van der Waals surface area contributed by atoms with Crippen molar-refractivity contribution in [1.29, 1.82) is 0 Å². The van der Waals surface area contributed by atoms with Gasteiger partial charge in [-0.2, -0.15) is 0 Å². The smallest absolute Gasteiger partial charge is 0.309 e. The second-order valence-electron chi connectivity index (χ2n) is 18.9. The lowest BCUT2D eigenvalue weighted by Crippen LogP contribution is -2.66. The number of nitrogens with zero attached hydrogens (tertiary/aromatic N) is 1. The van der Waals surface area contributed by atoms with E-state index in [1.807, 2.05) is 30.3 Å². The molecule has 4 saturated carbocycles. The third-order valence-electron chi connectivity index (χ3n) is 15.2. The van der Waals surface area contributed by atoms with Crippen molar-refractivity contribution in [2.75, 3.05) is 0 Å². The van der Waals surface area contributed by atoms with E-state index in [1.54, 1.807) is 13.8 Å². The number of Topliss-reactive ketones (excluding diaryl/α,β-unsaturated/α-hetero) is 1. The lowest BCUT2D eigenvalue weighted by atomic mass is 9.33. The summed E-state index contributed by atoms with van der Waals surface area (Å²) in [6, 6.07) is 9.72. The summed E-state index contributed by atoms with van der Waals surface area (Å²) in [5, 5.41) is 13.6. The number of hydrogen-bond acceptors (Lipinski definition) is 8. The molecule has 5 aliphatic carbocycles. The number of hydrogen-bond donors (Lipinski definition) is 2. The number of benzene rings is 1. The first-order chi connectivity index (χ1) is 23.8. The fraction of sp³-hybridized carbons (Fsp3) is 0.714. The second kappa shape index (κ2) is 12.9. The molecule has 0 aromatic heterocycles. The Hall–Kier alpha value is -2.81. The number of ketones is 1. The Morgan fingerprint density at radius 2 is 1.65 bits per heavy atom. The molecule has 1 aromatic rings. The highest BCUT2D eigenvalue weighted by Crippen LogP contribution is 2.76. The molecule has 5 aliphatic rings. The summed E-state index contributed by atoms with van der Waals surface area (Å²) in [4.78, 5) is 38.8. The Balaban J connectivity index is 1.28. The van der Waals surface area contributed by atoms with Gasteiger partial charge >= 0.3 is 11.9 Å². The van der Waals surface area contributed by atoms with Gasteiger partial charge in [-0.15, -0.1) is 5.10 Å². The van der Waals surface area contributed by atoms with Crippen LogP contribution in [0.1, 0.15) is 132 Å². The maximum Gasteiger partial charge on any atom is 0.309 e. The van der Waals surface area contributed by atoms with Crippen LogP contribution < -0.4 is 5.84 Å². The van der Waals surface area contributed by atoms with E-state index in [0.29, 0.717) is 24.2 Å². The lowest BCUT2D eigenvalue weighted by molar-refractivity contribution is -0.231. The van der Waals surface area contributed by atoms with Gasteiger partial charge in [0.15, 0.2) is 5.78 Å². The minimum atomic E-state index is -1.16. The van der Waals surface area contributed by atoms with Crippen molar-refractivity contribution in [2.24, 2.45) is 61.7 Å². The topological polar surface area (TPSA) is 128 Å². The SMILES string of the molecule is CC(C)C1=C2[C@H]3CCC4[C@@]5(C)CC[C@H](OC(=O)CC(C)(C)C(=O)O)C(C)(C)[C@@H]5CC[C@@]4(C)[C@]3(C)CC[C@@]2(SO/C(=N\N)c2ccccc2)CC1=O. The molecule has 1 aromatic carbocycles. The maximum absolute atomic E-state index is 14.0. The number of esters is 1. The molecule has 8 nitrogen and oxygen atoms in total. The van der Waals surface area contributed by atoms with Gasteiger partial charge in [0, 0.05) is 17.4 Å². The number of fused-ring (bicyclic) bond motifs is 7. The average molecular weight is 721 g/mol. The molecule has 51 heavy (non-hydrogen) atoms. The molecule has 1 unspecified atom stereocenters. The van der Waals surface area contributed by atoms with Crippen LogP contribution in [0, 0.1) is 50.7 Å². The molecular formula is C42H60N2O6S. The number of hydrazone groups is 1. The van der Waals surface area contributed by atoms with Crippen LogP contribution in [0.15, 0.2) is 46.6 Å². The molecule has 0 amide bonds. The van der Waals surface area contributed by atoms with E-state index in [4.69, 9.17) is 14.8 Å². The van der Waals surface area contributed by atoms with E-state index < -0.39 is 22.1 Å². The van der Waals surface area contributed by atoms with Crippen molar-refractivity contribution in [3.8, 4) is 0 Å². The summed E-state index contributed by atoms with van der Waals surface area (Å²) >= 11 is 1.41. The van der Waals surface area contributed by atoms with Gasteiger partial charge in [-0.25, -0.2) is 0 Å². The van der Waals surface area contributed by atoms with Crippen LogP contribution in [-0.4, -0.2) is 39.6 Å². The third-order valence-corrected chi connectivity index (χ3v) is 16.3. The van der Waals surface area contributed by atoms with Gasteiger partial charge in [-0.1, -0.05) is 66.7 Å². The predicted molar refractivity (Wildman–Crippen MR) is 201 cm³/mol. The van der Waals surface area contributed by atoms with Crippen molar-refractivity contribution in [3.63, 3.8) is 0 Å². The van der Waals surface area contributed by atoms with Crippen molar-refractivity contribution in [3.05, 3.63) is 47.0 Å². The first kappa shape index (κ1) is 37.9. The summed E-state index contributed by atoms with van der Waals surface area (Å²) in [6.45, 7) is 19.7. The van der Waals surface area contributed by atoms with E-state index >= 15 is 0 Å². The molecule has 0 heterocycles. The van der Waals surface area contributed by atoms with Crippen molar-refractivity contribution in [2.45, 2.75) is 137 Å². The molecule has 0 spiro atoms. The van der Waals surface area contributed by atoms with E-state index in [9.17, 15) is 19.5 Å². The highest BCUT2D eigenvalue weighted by Gasteiger charge is 2.70. The number of carboxylic acids is 1. The third kappa shape index (κ3) is 5.86. The number of carbonyl (C=O) groups is 3. The first-order valence-electron chi connectivity index (χ1n) is 19.2. The summed E-state index contributed by atoms with van der Waals surface area (Å²) in [5.41, 5.74) is 1.91. The van der Waals surface area contributed by atoms with Crippen LogP contribution in [0.25, 0.3) is 0 Å². The molecule has 0 radical (unpaired) electrons. The minimum Gasteiger partial charge on any atom is -0.481 e. The minimum absolute atomic E-state index is 0.00807. The van der Waals surface area contributed by atoms with Crippen molar-refractivity contribution < 1.29 is 28.4 Å². The Bertz CT molecular complexity index is 1630. The number of aliphatic carboxylic acids is 1. The van der Waals surface area contributed by atoms with Crippen LogP contribution in [0.5, 0.6) is 0 Å². The molecule has 0 bridgehead atoms. The number of carboxylic acid groups (broad SMARTS) is 1. The lowest BCUT2D eigenvalue weighted by Gasteiger charge is -2.72. The monoisotopic (exact) mass is 720 g/mol. The maximum atomic E-state index is 14.0. The molecule has 3 N–H and O–H groups in total. The van der Waals surface area contributed by atoms with E-state index in [0.717, 1.165) is 62.5 Å². The van der Waals surface area contributed by atoms with Gasteiger partial charge in [0.2, 0.25) is 0 Å². The Morgan fingerprint density at radius 1 is 0.961 bits per heavy atom. The fourth-order valence-electron chi connectivity index (χ4n) is 12.3. The number of nitrogens with two attached hydrogens (primary N) is 1. The number of rotatable bonds is 8. The van der Waals surface area contributed by atoms with Crippen molar-refractivity contribution in [1.82, 2.24) is 0 Å². The highest BCUT2D eigenvalue weighted by molar-refractivity contribution is 7.96. The summed E-state index contributed by atoms with van der Waals surface area (Å²) in [7, 11) is 0. The second-order valence-corrected chi connectivity index (χ2v) is 20.0. The normalized spacial score (nSPS) is 37.6. The molecule has 6 rings (SSSR count). The van der Waals surface area contributed by atoms with E-state index in [1.165, 1.54) is 17.6 Å². The summed E-state index contributed by atoms with van der Waals surface area (Å²) in [6.07, 6.45) is 8.02. The number of ether oxygens (including phenoxy) is 1.